The molecule has 1 aliphatic rings. The number of halogens is 1. The van der Waals surface area contributed by atoms with Crippen molar-refractivity contribution in [2.45, 2.75) is 17.4 Å². The Kier molecular flexibility index (Phi) is 3.64. The van der Waals surface area contributed by atoms with Crippen molar-refractivity contribution in [3.05, 3.63) is 47.8 Å². The lowest BCUT2D eigenvalue weighted by molar-refractivity contribution is 0.242. The number of hydrogen-bond acceptors (Lipinski definition) is 4. The van der Waals surface area contributed by atoms with Gasteiger partial charge in [-0.25, -0.2) is 17.9 Å². The molecule has 1 atom stereocenters. The predicted octanol–water partition coefficient (Wildman–Crippen LogP) is 1.40. The van der Waals surface area contributed by atoms with Crippen molar-refractivity contribution in [3.8, 4) is 16.9 Å². The molecule has 0 unspecified atom stereocenters. The molecule has 7 heteroatoms. The number of fused-ring (bicyclic) bond motifs is 1. The molecular formula is C15H15FN2O3S. The monoisotopic (exact) mass is 322 g/mol. The van der Waals surface area contributed by atoms with Gasteiger partial charge in [-0.05, 0) is 23.8 Å². The number of hydrogen-bond donors (Lipinski definition) is 2. The van der Waals surface area contributed by atoms with Crippen LogP contribution < -0.4 is 15.6 Å². The second kappa shape index (κ2) is 5.35. The largest absolute Gasteiger partial charge is 0.488 e. The number of sulfonamides is 1. The molecule has 3 rings (SSSR count). The van der Waals surface area contributed by atoms with Crippen LogP contribution in [-0.4, -0.2) is 21.1 Å². The van der Waals surface area contributed by atoms with Gasteiger partial charge >= 0.3 is 0 Å². The van der Waals surface area contributed by atoms with Crippen molar-refractivity contribution < 1.29 is 17.5 Å². The molecule has 0 saturated carbocycles. The SMILES string of the molecule is NC[C@H]1Cc2cccc(-c3ccc(S(N)(=O)=O)cc3F)c2O1. The van der Waals surface area contributed by atoms with E-state index in [1.807, 2.05) is 12.1 Å². The summed E-state index contributed by atoms with van der Waals surface area (Å²) < 4.78 is 42.6. The summed E-state index contributed by atoms with van der Waals surface area (Å²) in [6.07, 6.45) is 0.555. The lowest BCUT2D eigenvalue weighted by Crippen LogP contribution is -2.24. The average molecular weight is 322 g/mol. The molecule has 22 heavy (non-hydrogen) atoms. The Balaban J connectivity index is 2.09. The number of para-hydroxylation sites is 1. The summed E-state index contributed by atoms with van der Waals surface area (Å²) in [6.45, 7) is 0.376. The second-order valence-electron chi connectivity index (χ2n) is 5.16. The lowest BCUT2D eigenvalue weighted by atomic mass is 10.0. The molecule has 2 aromatic rings. The highest BCUT2D eigenvalue weighted by molar-refractivity contribution is 7.89. The van der Waals surface area contributed by atoms with Gasteiger partial charge in [0, 0.05) is 24.1 Å². The molecule has 0 aliphatic carbocycles. The highest BCUT2D eigenvalue weighted by atomic mass is 32.2. The maximum absolute atomic E-state index is 14.3. The zero-order valence-corrected chi connectivity index (χ0v) is 12.4. The maximum Gasteiger partial charge on any atom is 0.238 e. The fraction of sp³-hybridized carbons (Fsp3) is 0.200. The molecule has 0 aromatic heterocycles. The minimum Gasteiger partial charge on any atom is -0.488 e. The summed E-state index contributed by atoms with van der Waals surface area (Å²) in [5.74, 6) is -0.0695. The number of nitrogens with two attached hydrogens (primary N) is 2. The zero-order valence-electron chi connectivity index (χ0n) is 11.6. The molecule has 1 heterocycles. The van der Waals surface area contributed by atoms with E-state index in [2.05, 4.69) is 0 Å². The molecule has 0 bridgehead atoms. The third-order valence-electron chi connectivity index (χ3n) is 3.65. The number of primary sulfonamides is 1. The zero-order chi connectivity index (χ0) is 15.9. The van der Waals surface area contributed by atoms with Crippen LogP contribution in [0.15, 0.2) is 41.3 Å². The highest BCUT2D eigenvalue weighted by Crippen LogP contribution is 2.39. The standard InChI is InChI=1S/C15H15FN2O3S/c16-14-7-11(22(18,19)20)4-5-12(14)13-3-1-2-9-6-10(8-17)21-15(9)13/h1-5,7,10H,6,8,17H2,(H2,18,19,20)/t10-/m1/s1. The van der Waals surface area contributed by atoms with Gasteiger partial charge in [-0.15, -0.1) is 0 Å². The Labute approximate surface area is 127 Å². The molecule has 2 aromatic carbocycles. The topological polar surface area (TPSA) is 95.4 Å². The maximum atomic E-state index is 14.3. The first kappa shape index (κ1) is 15.0. The van der Waals surface area contributed by atoms with E-state index in [0.29, 0.717) is 24.3 Å². The fourth-order valence-corrected chi connectivity index (χ4v) is 3.10. The minimum atomic E-state index is -3.94. The first-order valence-corrected chi connectivity index (χ1v) is 8.26. The summed E-state index contributed by atoms with van der Waals surface area (Å²) in [7, 11) is -3.94. The summed E-state index contributed by atoms with van der Waals surface area (Å²) in [4.78, 5) is -0.262. The van der Waals surface area contributed by atoms with Crippen LogP contribution in [0.2, 0.25) is 0 Å². The van der Waals surface area contributed by atoms with E-state index < -0.39 is 15.8 Å². The molecule has 0 spiro atoms. The molecule has 4 N–H and O–H groups in total. The van der Waals surface area contributed by atoms with Crippen molar-refractivity contribution in [1.82, 2.24) is 0 Å². The quantitative estimate of drug-likeness (QED) is 0.893. The van der Waals surface area contributed by atoms with Crippen LogP contribution in [0, 0.1) is 5.82 Å². The van der Waals surface area contributed by atoms with Gasteiger partial charge in [-0.3, -0.25) is 0 Å². The molecule has 5 nitrogen and oxygen atoms in total. The molecule has 0 radical (unpaired) electrons. The summed E-state index contributed by atoms with van der Waals surface area (Å²) >= 11 is 0. The van der Waals surface area contributed by atoms with Crippen molar-refractivity contribution in [3.63, 3.8) is 0 Å². The first-order valence-electron chi connectivity index (χ1n) is 6.71. The number of benzene rings is 2. The number of ether oxygens (including phenoxy) is 1. The highest BCUT2D eigenvalue weighted by Gasteiger charge is 2.25. The van der Waals surface area contributed by atoms with Crippen LogP contribution in [0.3, 0.4) is 0 Å². The van der Waals surface area contributed by atoms with Gasteiger partial charge in [0.15, 0.2) is 0 Å². The Morgan fingerprint density at radius 2 is 2.00 bits per heavy atom. The van der Waals surface area contributed by atoms with Crippen molar-refractivity contribution >= 4 is 10.0 Å². The normalized spacial score (nSPS) is 17.1. The smallest absolute Gasteiger partial charge is 0.238 e. The van der Waals surface area contributed by atoms with Crippen LogP contribution in [-0.2, 0) is 16.4 Å². The summed E-state index contributed by atoms with van der Waals surface area (Å²) in [5.41, 5.74) is 7.42. The van der Waals surface area contributed by atoms with Crippen LogP contribution >= 0.6 is 0 Å². The van der Waals surface area contributed by atoms with E-state index in [1.165, 1.54) is 12.1 Å². The van der Waals surface area contributed by atoms with Crippen LogP contribution in [0.1, 0.15) is 5.56 Å². The van der Waals surface area contributed by atoms with Gasteiger partial charge in [0.25, 0.3) is 0 Å². The summed E-state index contributed by atoms with van der Waals surface area (Å²) in [5, 5.41) is 5.01. The Bertz CT molecular complexity index is 837. The number of rotatable bonds is 3. The van der Waals surface area contributed by atoms with Gasteiger partial charge in [0.1, 0.15) is 17.7 Å². The van der Waals surface area contributed by atoms with E-state index in [-0.39, 0.29) is 16.6 Å². The van der Waals surface area contributed by atoms with E-state index in [1.54, 1.807) is 6.07 Å². The third kappa shape index (κ3) is 2.58. The Hall–Kier alpha value is -1.96. The van der Waals surface area contributed by atoms with Crippen molar-refractivity contribution in [2.24, 2.45) is 10.9 Å². The first-order chi connectivity index (χ1) is 10.4. The summed E-state index contributed by atoms with van der Waals surface area (Å²) in [6, 6.07) is 9.03. The van der Waals surface area contributed by atoms with Crippen LogP contribution in [0.4, 0.5) is 4.39 Å². The van der Waals surface area contributed by atoms with Gasteiger partial charge in [-0.1, -0.05) is 18.2 Å². The van der Waals surface area contributed by atoms with Gasteiger partial charge in [0.05, 0.1) is 4.90 Å². The molecular weight excluding hydrogens is 307 g/mol. The molecule has 0 amide bonds. The minimum absolute atomic E-state index is 0.122. The van der Waals surface area contributed by atoms with Gasteiger partial charge in [-0.2, -0.15) is 0 Å². The van der Waals surface area contributed by atoms with E-state index in [0.717, 1.165) is 11.6 Å². The molecule has 116 valence electrons. The molecule has 0 fully saturated rings. The Morgan fingerprint density at radius 1 is 1.23 bits per heavy atom. The van der Waals surface area contributed by atoms with Crippen LogP contribution in [0.25, 0.3) is 11.1 Å². The van der Waals surface area contributed by atoms with Gasteiger partial charge < -0.3 is 10.5 Å². The van der Waals surface area contributed by atoms with Crippen LogP contribution in [0.5, 0.6) is 5.75 Å². The predicted molar refractivity (Wildman–Crippen MR) is 80.4 cm³/mol. The second-order valence-corrected chi connectivity index (χ2v) is 6.72. The fourth-order valence-electron chi connectivity index (χ4n) is 2.57. The lowest BCUT2D eigenvalue weighted by Gasteiger charge is -2.12. The van der Waals surface area contributed by atoms with E-state index >= 15 is 0 Å². The van der Waals surface area contributed by atoms with Gasteiger partial charge in [0.2, 0.25) is 10.0 Å². The van der Waals surface area contributed by atoms with Crippen molar-refractivity contribution in [1.29, 1.82) is 0 Å². The van der Waals surface area contributed by atoms with E-state index in [4.69, 9.17) is 15.6 Å². The average Bonchev–Trinajstić information content (AvgIpc) is 2.89. The molecule has 1 aliphatic heterocycles. The van der Waals surface area contributed by atoms with E-state index in [9.17, 15) is 12.8 Å². The van der Waals surface area contributed by atoms with Crippen molar-refractivity contribution in [2.75, 3.05) is 6.54 Å². The molecule has 0 saturated heterocycles. The third-order valence-corrected chi connectivity index (χ3v) is 4.56. The Morgan fingerprint density at radius 3 is 2.64 bits per heavy atom.